The number of methoxy groups -OCH3 is 1. The molecule has 0 radical (unpaired) electrons. The van der Waals surface area contributed by atoms with E-state index < -0.39 is 5.97 Å². The lowest BCUT2D eigenvalue weighted by Gasteiger charge is -2.42. The average molecular weight is 299 g/mol. The summed E-state index contributed by atoms with van der Waals surface area (Å²) < 4.78 is 10.1. The molecule has 1 aromatic heterocycles. The Bertz CT molecular complexity index is 454. The summed E-state index contributed by atoms with van der Waals surface area (Å²) in [7, 11) is 3.32. The Hall–Kier alpha value is -0.980. The van der Waals surface area contributed by atoms with E-state index >= 15 is 0 Å². The number of esters is 1. The number of carbonyl (C=O) groups is 1. The predicted molar refractivity (Wildman–Crippen MR) is 77.9 cm³/mol. The van der Waals surface area contributed by atoms with Gasteiger partial charge in [0, 0.05) is 5.54 Å². The molecular weight excluding hydrogens is 278 g/mol. The maximum Gasteiger partial charge on any atom is 0.373 e. The molecule has 5 nitrogen and oxygen atoms in total. The molecule has 2 rings (SSSR count). The Labute approximate surface area is 123 Å². The summed E-state index contributed by atoms with van der Waals surface area (Å²) in [6.07, 6.45) is 1.93. The number of carbonyl (C=O) groups excluding carboxylic acids is 1. The van der Waals surface area contributed by atoms with Crippen LogP contribution in [0.1, 0.15) is 29.2 Å². The van der Waals surface area contributed by atoms with Gasteiger partial charge in [-0.05, 0) is 43.5 Å². The van der Waals surface area contributed by atoms with Crippen molar-refractivity contribution >= 4 is 17.7 Å². The maximum absolute atomic E-state index is 11.4. The van der Waals surface area contributed by atoms with Crippen LogP contribution in [-0.4, -0.2) is 53.8 Å². The number of aliphatic hydroxyl groups excluding tert-OH is 1. The number of likely N-dealkylation sites (N-methyl/N-ethyl adjacent to an activating group) is 1. The van der Waals surface area contributed by atoms with Gasteiger partial charge in [-0.15, -0.1) is 0 Å². The molecule has 1 saturated heterocycles. The number of thioether (sulfide) groups is 1. The van der Waals surface area contributed by atoms with Gasteiger partial charge in [-0.3, -0.25) is 4.90 Å². The summed E-state index contributed by atoms with van der Waals surface area (Å²) >= 11 is 1.92. The van der Waals surface area contributed by atoms with Crippen LogP contribution in [0, 0.1) is 0 Å². The van der Waals surface area contributed by atoms with Crippen LogP contribution in [0.3, 0.4) is 0 Å². The third-order valence-electron chi connectivity index (χ3n) is 3.97. The molecule has 1 aromatic rings. The second-order valence-electron chi connectivity index (χ2n) is 5.11. The lowest BCUT2D eigenvalue weighted by Crippen LogP contribution is -2.51. The standard InChI is InChI=1S/C14H21NO4S/c1-15(14(10-16)5-7-20-8-6-14)9-11-3-4-12(19-11)13(17)18-2/h3-4,16H,5-10H2,1-2H3. The zero-order valence-electron chi connectivity index (χ0n) is 11.9. The van der Waals surface area contributed by atoms with Gasteiger partial charge in [-0.25, -0.2) is 4.79 Å². The van der Waals surface area contributed by atoms with Crippen LogP contribution in [0.5, 0.6) is 0 Å². The van der Waals surface area contributed by atoms with E-state index in [2.05, 4.69) is 9.64 Å². The largest absolute Gasteiger partial charge is 0.463 e. The number of nitrogens with zero attached hydrogens (tertiary/aromatic N) is 1. The molecule has 0 spiro atoms. The fourth-order valence-electron chi connectivity index (χ4n) is 2.49. The van der Waals surface area contributed by atoms with E-state index in [0.717, 1.165) is 24.3 Å². The summed E-state index contributed by atoms with van der Waals surface area (Å²) in [5, 5.41) is 9.77. The average Bonchev–Trinajstić information content (AvgIpc) is 2.95. The first kappa shape index (κ1) is 15.4. The summed E-state index contributed by atoms with van der Waals surface area (Å²) in [4.78, 5) is 13.5. The molecule has 0 atom stereocenters. The number of hydrogen-bond acceptors (Lipinski definition) is 6. The molecule has 0 amide bonds. The predicted octanol–water partition coefficient (Wildman–Crippen LogP) is 1.76. The first-order chi connectivity index (χ1) is 9.61. The molecule has 1 aliphatic rings. The second kappa shape index (κ2) is 6.65. The van der Waals surface area contributed by atoms with Crippen molar-refractivity contribution in [2.24, 2.45) is 0 Å². The van der Waals surface area contributed by atoms with Gasteiger partial charge in [-0.1, -0.05) is 0 Å². The number of ether oxygens (including phenoxy) is 1. The number of furan rings is 1. The molecular formula is C14H21NO4S. The van der Waals surface area contributed by atoms with Crippen molar-refractivity contribution in [2.75, 3.05) is 32.3 Å². The van der Waals surface area contributed by atoms with Gasteiger partial charge >= 0.3 is 5.97 Å². The molecule has 0 bridgehead atoms. The molecule has 1 fully saturated rings. The highest BCUT2D eigenvalue weighted by molar-refractivity contribution is 7.99. The van der Waals surface area contributed by atoms with Crippen LogP contribution in [0.15, 0.2) is 16.5 Å². The van der Waals surface area contributed by atoms with Crippen molar-refractivity contribution in [3.63, 3.8) is 0 Å². The van der Waals surface area contributed by atoms with Crippen molar-refractivity contribution in [3.05, 3.63) is 23.7 Å². The minimum Gasteiger partial charge on any atom is -0.463 e. The van der Waals surface area contributed by atoms with Crippen LogP contribution >= 0.6 is 11.8 Å². The Morgan fingerprint density at radius 2 is 2.20 bits per heavy atom. The summed E-state index contributed by atoms with van der Waals surface area (Å²) in [5.41, 5.74) is -0.177. The number of hydrogen-bond donors (Lipinski definition) is 1. The van der Waals surface area contributed by atoms with Crippen molar-refractivity contribution in [1.82, 2.24) is 4.90 Å². The van der Waals surface area contributed by atoms with Crippen LogP contribution < -0.4 is 0 Å². The molecule has 6 heteroatoms. The summed E-state index contributed by atoms with van der Waals surface area (Å²) in [6, 6.07) is 3.41. The zero-order chi connectivity index (χ0) is 14.6. The lowest BCUT2D eigenvalue weighted by atomic mass is 9.91. The highest BCUT2D eigenvalue weighted by Crippen LogP contribution is 2.32. The highest BCUT2D eigenvalue weighted by Gasteiger charge is 2.36. The minimum absolute atomic E-state index is 0.147. The van der Waals surface area contributed by atoms with Crippen molar-refractivity contribution in [3.8, 4) is 0 Å². The Kier molecular flexibility index (Phi) is 5.12. The highest BCUT2D eigenvalue weighted by atomic mass is 32.2. The third kappa shape index (κ3) is 3.19. The number of aliphatic hydroxyl groups is 1. The number of rotatable bonds is 5. The molecule has 0 unspecified atom stereocenters. The van der Waals surface area contributed by atoms with Gasteiger partial charge in [0.25, 0.3) is 0 Å². The lowest BCUT2D eigenvalue weighted by molar-refractivity contribution is 0.0310. The molecule has 1 N–H and O–H groups in total. The van der Waals surface area contributed by atoms with E-state index in [0.29, 0.717) is 12.3 Å². The third-order valence-corrected chi connectivity index (χ3v) is 4.95. The van der Waals surface area contributed by atoms with Crippen LogP contribution in [0.4, 0.5) is 0 Å². The molecule has 0 aromatic carbocycles. The van der Waals surface area contributed by atoms with Crippen molar-refractivity contribution in [2.45, 2.75) is 24.9 Å². The fourth-order valence-corrected chi connectivity index (χ4v) is 3.74. The van der Waals surface area contributed by atoms with Gasteiger partial charge in [0.15, 0.2) is 0 Å². The first-order valence-electron chi connectivity index (χ1n) is 6.68. The molecule has 0 aliphatic carbocycles. The molecule has 20 heavy (non-hydrogen) atoms. The minimum atomic E-state index is -0.468. The molecule has 1 aliphatic heterocycles. The zero-order valence-corrected chi connectivity index (χ0v) is 12.7. The maximum atomic E-state index is 11.4. The molecule has 0 saturated carbocycles. The Morgan fingerprint density at radius 1 is 1.50 bits per heavy atom. The SMILES string of the molecule is COC(=O)c1ccc(CN(C)C2(CO)CCSCC2)o1. The van der Waals surface area contributed by atoms with E-state index in [4.69, 9.17) is 4.42 Å². The van der Waals surface area contributed by atoms with Gasteiger partial charge in [0.05, 0.1) is 20.3 Å². The Balaban J connectivity index is 2.04. The monoisotopic (exact) mass is 299 g/mol. The van der Waals surface area contributed by atoms with Crippen molar-refractivity contribution < 1.29 is 19.1 Å². The normalized spacial score (nSPS) is 18.2. The van der Waals surface area contributed by atoms with E-state index in [1.165, 1.54) is 7.11 Å². The van der Waals surface area contributed by atoms with Crippen molar-refractivity contribution in [1.29, 1.82) is 0 Å². The van der Waals surface area contributed by atoms with E-state index in [9.17, 15) is 9.90 Å². The fraction of sp³-hybridized carbons (Fsp3) is 0.643. The topological polar surface area (TPSA) is 62.9 Å². The first-order valence-corrected chi connectivity index (χ1v) is 7.83. The summed E-state index contributed by atoms with van der Waals surface area (Å²) in [6.45, 7) is 0.719. The Morgan fingerprint density at radius 3 is 2.80 bits per heavy atom. The smallest absolute Gasteiger partial charge is 0.373 e. The van der Waals surface area contributed by atoms with Gasteiger partial charge < -0.3 is 14.3 Å². The van der Waals surface area contributed by atoms with Gasteiger partial charge in [-0.2, -0.15) is 11.8 Å². The van der Waals surface area contributed by atoms with E-state index in [1.807, 2.05) is 18.8 Å². The van der Waals surface area contributed by atoms with Gasteiger partial charge in [0.1, 0.15) is 5.76 Å². The van der Waals surface area contributed by atoms with E-state index in [-0.39, 0.29) is 17.9 Å². The van der Waals surface area contributed by atoms with Crippen LogP contribution in [0.25, 0.3) is 0 Å². The molecule has 2 heterocycles. The second-order valence-corrected chi connectivity index (χ2v) is 6.33. The van der Waals surface area contributed by atoms with Crippen LogP contribution in [0.2, 0.25) is 0 Å². The van der Waals surface area contributed by atoms with E-state index in [1.54, 1.807) is 12.1 Å². The molecule has 112 valence electrons. The quantitative estimate of drug-likeness (QED) is 0.836. The van der Waals surface area contributed by atoms with Crippen LogP contribution in [-0.2, 0) is 11.3 Å². The summed E-state index contributed by atoms with van der Waals surface area (Å²) in [5.74, 6) is 2.59. The van der Waals surface area contributed by atoms with Gasteiger partial charge in [0.2, 0.25) is 5.76 Å².